The van der Waals surface area contributed by atoms with E-state index in [2.05, 4.69) is 40.3 Å². The minimum atomic E-state index is 0.482. The van der Waals surface area contributed by atoms with Gasteiger partial charge in [0.25, 0.3) is 0 Å². The van der Waals surface area contributed by atoms with Crippen LogP contribution in [0, 0.1) is 18.3 Å². The van der Waals surface area contributed by atoms with Gasteiger partial charge in [0.1, 0.15) is 0 Å². The molecule has 0 bridgehead atoms. The average Bonchev–Trinajstić information content (AvgIpc) is 3.00. The van der Waals surface area contributed by atoms with Gasteiger partial charge in [-0.2, -0.15) is 5.26 Å². The summed E-state index contributed by atoms with van der Waals surface area (Å²) < 4.78 is 2.05. The van der Waals surface area contributed by atoms with Gasteiger partial charge < -0.3 is 0 Å². The number of rotatable bonds is 5. The monoisotopic (exact) mass is 321 g/mol. The lowest BCUT2D eigenvalue weighted by molar-refractivity contribution is 0.880. The van der Waals surface area contributed by atoms with Crippen LogP contribution in [-0.4, -0.2) is 25.5 Å². The van der Waals surface area contributed by atoms with E-state index in [4.69, 9.17) is 5.26 Å². The van der Waals surface area contributed by atoms with E-state index >= 15 is 0 Å². The van der Waals surface area contributed by atoms with Crippen LogP contribution in [0.25, 0.3) is 17.1 Å². The molecular formula is C17H15N5S. The third kappa shape index (κ3) is 3.25. The van der Waals surface area contributed by atoms with Crippen LogP contribution >= 0.6 is 11.8 Å². The highest BCUT2D eigenvalue weighted by molar-refractivity contribution is 7.99. The van der Waals surface area contributed by atoms with Crippen LogP contribution in [0.4, 0.5) is 0 Å². The molecule has 0 aliphatic rings. The maximum absolute atomic E-state index is 8.74. The summed E-state index contributed by atoms with van der Waals surface area (Å²) in [6, 6.07) is 14.1. The highest BCUT2D eigenvalue weighted by Gasteiger charge is 2.17. The lowest BCUT2D eigenvalue weighted by atomic mass is 10.2. The van der Waals surface area contributed by atoms with Gasteiger partial charge in [-0.1, -0.05) is 30.0 Å². The van der Waals surface area contributed by atoms with Crippen molar-refractivity contribution in [3.05, 3.63) is 54.4 Å². The number of thioether (sulfide) groups is 1. The second-order valence-corrected chi connectivity index (χ2v) is 5.98. The number of benzene rings is 1. The quantitative estimate of drug-likeness (QED) is 0.530. The molecule has 2 heterocycles. The number of para-hydroxylation sites is 1. The molecule has 0 amide bonds. The third-order valence-electron chi connectivity index (χ3n) is 3.37. The first kappa shape index (κ1) is 15.3. The molecule has 6 heteroatoms. The van der Waals surface area contributed by atoms with E-state index in [1.165, 1.54) is 0 Å². The topological polar surface area (TPSA) is 67.4 Å². The maximum atomic E-state index is 8.74. The van der Waals surface area contributed by atoms with E-state index in [1.54, 1.807) is 24.2 Å². The molecule has 2 aromatic heterocycles. The summed E-state index contributed by atoms with van der Waals surface area (Å²) in [4.78, 5) is 4.06. The molecule has 1 aromatic carbocycles. The van der Waals surface area contributed by atoms with Gasteiger partial charge in [0.05, 0.1) is 11.8 Å². The van der Waals surface area contributed by atoms with Gasteiger partial charge in [0, 0.05) is 30.1 Å². The lowest BCUT2D eigenvalue weighted by Gasteiger charge is -2.12. The minimum absolute atomic E-state index is 0.482. The smallest absolute Gasteiger partial charge is 0.196 e. The summed E-state index contributed by atoms with van der Waals surface area (Å²) in [7, 11) is 0. The van der Waals surface area contributed by atoms with Gasteiger partial charge >= 0.3 is 0 Å². The van der Waals surface area contributed by atoms with E-state index in [0.29, 0.717) is 12.2 Å². The number of hydrogen-bond acceptors (Lipinski definition) is 5. The predicted molar refractivity (Wildman–Crippen MR) is 90.3 cm³/mol. The molecule has 0 saturated heterocycles. The van der Waals surface area contributed by atoms with Crippen molar-refractivity contribution in [1.82, 2.24) is 19.7 Å². The van der Waals surface area contributed by atoms with Crippen LogP contribution < -0.4 is 0 Å². The highest BCUT2D eigenvalue weighted by Crippen LogP contribution is 2.29. The number of aromatic nitrogens is 4. The summed E-state index contributed by atoms with van der Waals surface area (Å²) in [6.45, 7) is 2.06. The molecule has 0 atom stereocenters. The summed E-state index contributed by atoms with van der Waals surface area (Å²) in [5, 5.41) is 18.2. The lowest BCUT2D eigenvalue weighted by Crippen LogP contribution is -2.02. The van der Waals surface area contributed by atoms with Crippen molar-refractivity contribution in [1.29, 1.82) is 5.26 Å². The van der Waals surface area contributed by atoms with Gasteiger partial charge in [-0.3, -0.25) is 9.55 Å². The van der Waals surface area contributed by atoms with Gasteiger partial charge in [-0.25, -0.2) is 0 Å². The largest absolute Gasteiger partial charge is 0.270 e. The van der Waals surface area contributed by atoms with Crippen molar-refractivity contribution in [2.75, 3.05) is 5.75 Å². The molecule has 3 rings (SSSR count). The van der Waals surface area contributed by atoms with Gasteiger partial charge in [0.2, 0.25) is 0 Å². The van der Waals surface area contributed by atoms with Crippen LogP contribution in [0.2, 0.25) is 0 Å². The molecule has 0 saturated carbocycles. The Morgan fingerprint density at radius 2 is 1.91 bits per heavy atom. The molecule has 0 fully saturated rings. The SMILES string of the molecule is Cc1ccccc1-n1c(SCCC#N)nnc1-c1ccncc1. The summed E-state index contributed by atoms with van der Waals surface area (Å²) in [5.74, 6) is 1.47. The first-order valence-corrected chi connectivity index (χ1v) is 8.21. The summed E-state index contributed by atoms with van der Waals surface area (Å²) in [6.07, 6.45) is 3.97. The molecule has 0 spiro atoms. The standard InChI is InChI=1S/C17H15N5S/c1-13-5-2-3-6-15(13)22-16(14-7-10-19-11-8-14)20-21-17(22)23-12-4-9-18/h2-3,5-8,10-11H,4,12H2,1H3. The van der Waals surface area contributed by atoms with Gasteiger partial charge in [-0.05, 0) is 30.7 Å². The molecular weight excluding hydrogens is 306 g/mol. The predicted octanol–water partition coefficient (Wildman–Crippen LogP) is 3.64. The average molecular weight is 321 g/mol. The second-order valence-electron chi connectivity index (χ2n) is 4.92. The van der Waals surface area contributed by atoms with E-state index in [9.17, 15) is 0 Å². The Morgan fingerprint density at radius 3 is 2.65 bits per heavy atom. The molecule has 0 radical (unpaired) electrons. The van der Waals surface area contributed by atoms with Crippen LogP contribution in [-0.2, 0) is 0 Å². The number of aryl methyl sites for hydroxylation is 1. The fourth-order valence-electron chi connectivity index (χ4n) is 2.27. The number of hydrogen-bond donors (Lipinski definition) is 0. The normalized spacial score (nSPS) is 10.4. The van der Waals surface area contributed by atoms with Crippen molar-refractivity contribution in [2.45, 2.75) is 18.5 Å². The Bertz CT molecular complexity index is 836. The first-order chi connectivity index (χ1) is 11.3. The van der Waals surface area contributed by atoms with Crippen LogP contribution in [0.3, 0.4) is 0 Å². The van der Waals surface area contributed by atoms with Crippen molar-refractivity contribution in [3.63, 3.8) is 0 Å². The number of nitriles is 1. The molecule has 5 nitrogen and oxygen atoms in total. The highest BCUT2D eigenvalue weighted by atomic mass is 32.2. The first-order valence-electron chi connectivity index (χ1n) is 7.23. The zero-order valence-corrected chi connectivity index (χ0v) is 13.5. The zero-order valence-electron chi connectivity index (χ0n) is 12.7. The van der Waals surface area contributed by atoms with Crippen LogP contribution in [0.15, 0.2) is 53.9 Å². The minimum Gasteiger partial charge on any atom is -0.270 e. The van der Waals surface area contributed by atoms with Crippen LogP contribution in [0.1, 0.15) is 12.0 Å². The van der Waals surface area contributed by atoms with Crippen molar-refractivity contribution in [3.8, 4) is 23.1 Å². The molecule has 0 N–H and O–H groups in total. The van der Waals surface area contributed by atoms with Crippen molar-refractivity contribution < 1.29 is 0 Å². The van der Waals surface area contributed by atoms with Crippen molar-refractivity contribution >= 4 is 11.8 Å². The fourth-order valence-corrected chi connectivity index (χ4v) is 3.06. The van der Waals surface area contributed by atoms with Crippen molar-refractivity contribution in [2.24, 2.45) is 0 Å². The maximum Gasteiger partial charge on any atom is 0.196 e. The Labute approximate surface area is 139 Å². The van der Waals surface area contributed by atoms with E-state index in [0.717, 1.165) is 27.8 Å². The molecule has 114 valence electrons. The summed E-state index contributed by atoms with van der Waals surface area (Å²) >= 11 is 1.54. The van der Waals surface area contributed by atoms with Gasteiger partial charge in [0.15, 0.2) is 11.0 Å². The fraction of sp³-hybridized carbons (Fsp3) is 0.176. The Hall–Kier alpha value is -2.65. The molecule has 23 heavy (non-hydrogen) atoms. The van der Waals surface area contributed by atoms with Gasteiger partial charge in [-0.15, -0.1) is 10.2 Å². The number of pyridine rings is 1. The second kappa shape index (κ2) is 7.07. The summed E-state index contributed by atoms with van der Waals surface area (Å²) in [5.41, 5.74) is 3.15. The Kier molecular flexibility index (Phi) is 4.69. The number of nitrogens with zero attached hydrogens (tertiary/aromatic N) is 5. The molecule has 0 unspecified atom stereocenters. The molecule has 0 aliphatic carbocycles. The molecule has 3 aromatic rings. The van der Waals surface area contributed by atoms with E-state index < -0.39 is 0 Å². The van der Waals surface area contributed by atoms with Crippen LogP contribution in [0.5, 0.6) is 0 Å². The zero-order chi connectivity index (χ0) is 16.1. The Balaban J connectivity index is 2.11. The third-order valence-corrected chi connectivity index (χ3v) is 4.30. The Morgan fingerprint density at radius 1 is 1.13 bits per heavy atom. The van der Waals surface area contributed by atoms with E-state index in [-0.39, 0.29) is 0 Å². The molecule has 0 aliphatic heterocycles. The van der Waals surface area contributed by atoms with E-state index in [1.807, 2.05) is 28.8 Å².